The fourth-order valence-electron chi connectivity index (χ4n) is 2.87. The van der Waals surface area contributed by atoms with Gasteiger partial charge in [-0.2, -0.15) is 0 Å². The summed E-state index contributed by atoms with van der Waals surface area (Å²) in [5, 5.41) is 6.25. The second-order valence-electron chi connectivity index (χ2n) is 5.59. The average molecular weight is 349 g/mol. The lowest BCUT2D eigenvalue weighted by molar-refractivity contribution is 0.0976. The number of hydrogen-bond acceptors (Lipinski definition) is 7. The van der Waals surface area contributed by atoms with Crippen molar-refractivity contribution in [3.63, 3.8) is 0 Å². The van der Waals surface area contributed by atoms with Gasteiger partial charge in [0, 0.05) is 30.7 Å². The average Bonchev–Trinajstić information content (AvgIpc) is 2.67. The lowest BCUT2D eigenvalue weighted by Gasteiger charge is -2.22. The Balaban J connectivity index is 2.13. The lowest BCUT2D eigenvalue weighted by atomic mass is 9.84. The van der Waals surface area contributed by atoms with E-state index in [1.165, 1.54) is 18.6 Å². The van der Waals surface area contributed by atoms with Crippen molar-refractivity contribution in [2.24, 2.45) is 11.5 Å². The third kappa shape index (κ3) is 3.02. The Morgan fingerprint density at radius 1 is 0.885 bits per heavy atom. The van der Waals surface area contributed by atoms with Gasteiger partial charge in [-0.1, -0.05) is 0 Å². The van der Waals surface area contributed by atoms with Gasteiger partial charge in [-0.25, -0.2) is 0 Å². The van der Waals surface area contributed by atoms with E-state index in [2.05, 4.69) is 15.6 Å². The van der Waals surface area contributed by atoms with Gasteiger partial charge < -0.3 is 22.1 Å². The minimum atomic E-state index is -0.285. The molecule has 0 bridgehead atoms. The van der Waals surface area contributed by atoms with E-state index < -0.39 is 0 Å². The highest BCUT2D eigenvalue weighted by Crippen LogP contribution is 2.35. The minimum Gasteiger partial charge on any atom is -0.405 e. The first-order valence-corrected chi connectivity index (χ1v) is 8.11. The van der Waals surface area contributed by atoms with Crippen LogP contribution in [-0.2, 0) is 0 Å². The molecule has 0 atom stereocenters. The molecule has 0 fully saturated rings. The normalized spacial score (nSPS) is 13.1. The number of ketones is 2. The van der Waals surface area contributed by atoms with Crippen molar-refractivity contribution in [2.45, 2.75) is 0 Å². The molecule has 132 valence electrons. The van der Waals surface area contributed by atoms with Gasteiger partial charge in [0.25, 0.3) is 0 Å². The van der Waals surface area contributed by atoms with Crippen LogP contribution in [0.25, 0.3) is 0 Å². The van der Waals surface area contributed by atoms with Crippen LogP contribution in [0.2, 0.25) is 0 Å². The van der Waals surface area contributed by atoms with Crippen molar-refractivity contribution < 1.29 is 9.59 Å². The highest BCUT2D eigenvalue weighted by Gasteiger charge is 2.34. The van der Waals surface area contributed by atoms with Crippen LogP contribution in [0.4, 0.5) is 11.4 Å². The summed E-state index contributed by atoms with van der Waals surface area (Å²) in [7, 11) is 0. The second-order valence-corrected chi connectivity index (χ2v) is 5.59. The van der Waals surface area contributed by atoms with Gasteiger partial charge in [-0.3, -0.25) is 14.6 Å². The van der Waals surface area contributed by atoms with Crippen molar-refractivity contribution in [1.29, 1.82) is 0 Å². The molecule has 0 unspecified atom stereocenters. The minimum absolute atomic E-state index is 0.168. The molecule has 3 rings (SSSR count). The summed E-state index contributed by atoms with van der Waals surface area (Å²) >= 11 is 0. The number of nitrogens with zero attached hydrogens (tertiary/aromatic N) is 1. The largest absolute Gasteiger partial charge is 0.405 e. The molecule has 26 heavy (non-hydrogen) atoms. The quantitative estimate of drug-likeness (QED) is 0.533. The van der Waals surface area contributed by atoms with E-state index in [1.54, 1.807) is 36.4 Å². The fraction of sp³-hybridized carbons (Fsp3) is 0.105. The summed E-state index contributed by atoms with van der Waals surface area (Å²) in [6.07, 6.45) is 7.77. The van der Waals surface area contributed by atoms with E-state index >= 15 is 0 Å². The zero-order chi connectivity index (χ0) is 18.5. The number of pyridine rings is 1. The Kier molecular flexibility index (Phi) is 4.98. The van der Waals surface area contributed by atoms with E-state index in [0.717, 1.165) is 0 Å². The predicted molar refractivity (Wildman–Crippen MR) is 101 cm³/mol. The fourth-order valence-corrected chi connectivity index (χ4v) is 2.87. The second kappa shape index (κ2) is 7.52. The van der Waals surface area contributed by atoms with Crippen molar-refractivity contribution in [3.8, 4) is 0 Å². The molecule has 1 aliphatic carbocycles. The van der Waals surface area contributed by atoms with Gasteiger partial charge in [-0.15, -0.1) is 0 Å². The zero-order valence-electron chi connectivity index (χ0n) is 14.0. The van der Waals surface area contributed by atoms with Crippen LogP contribution in [0.1, 0.15) is 32.0 Å². The van der Waals surface area contributed by atoms with Crippen LogP contribution in [0.5, 0.6) is 0 Å². The molecule has 0 spiro atoms. The summed E-state index contributed by atoms with van der Waals surface area (Å²) < 4.78 is 0. The van der Waals surface area contributed by atoms with Crippen molar-refractivity contribution in [2.75, 3.05) is 23.7 Å². The van der Waals surface area contributed by atoms with Gasteiger partial charge in [-0.05, 0) is 48.8 Å². The highest BCUT2D eigenvalue weighted by molar-refractivity contribution is 6.31. The van der Waals surface area contributed by atoms with Crippen molar-refractivity contribution in [1.82, 2.24) is 4.98 Å². The van der Waals surface area contributed by atoms with Crippen LogP contribution in [0.3, 0.4) is 0 Å². The maximum absolute atomic E-state index is 13.1. The Morgan fingerprint density at radius 3 is 2.04 bits per heavy atom. The van der Waals surface area contributed by atoms with Crippen LogP contribution >= 0.6 is 0 Å². The summed E-state index contributed by atoms with van der Waals surface area (Å²) in [4.78, 5) is 30.2. The van der Waals surface area contributed by atoms with Gasteiger partial charge in [0.1, 0.15) is 5.69 Å². The summed E-state index contributed by atoms with van der Waals surface area (Å²) in [6.45, 7) is 0.870. The monoisotopic (exact) mass is 349 g/mol. The van der Waals surface area contributed by atoms with Crippen LogP contribution < -0.4 is 22.1 Å². The third-order valence-corrected chi connectivity index (χ3v) is 4.02. The molecular weight excluding hydrogens is 330 g/mol. The Bertz CT molecular complexity index is 844. The first-order chi connectivity index (χ1) is 12.7. The van der Waals surface area contributed by atoms with E-state index in [9.17, 15) is 9.59 Å². The van der Waals surface area contributed by atoms with E-state index in [4.69, 9.17) is 11.5 Å². The van der Waals surface area contributed by atoms with Crippen LogP contribution in [0.15, 0.2) is 55.0 Å². The maximum atomic E-state index is 13.1. The van der Waals surface area contributed by atoms with Gasteiger partial charge >= 0.3 is 0 Å². The SMILES string of the molecule is NC=CCNc1ccc(NCC=CN)c2c1C(=O)c1cccnc1C2=O. The molecular formula is C19H19N5O2. The first kappa shape index (κ1) is 17.2. The summed E-state index contributed by atoms with van der Waals surface area (Å²) in [6, 6.07) is 6.79. The van der Waals surface area contributed by atoms with Crippen molar-refractivity contribution >= 4 is 22.9 Å². The molecule has 1 aromatic heterocycles. The van der Waals surface area contributed by atoms with Crippen LogP contribution in [-0.4, -0.2) is 29.6 Å². The number of aromatic nitrogens is 1. The predicted octanol–water partition coefficient (Wildman–Crippen LogP) is 1.63. The summed E-state index contributed by atoms with van der Waals surface area (Å²) in [5.41, 5.74) is 13.0. The van der Waals surface area contributed by atoms with E-state index in [0.29, 0.717) is 41.2 Å². The van der Waals surface area contributed by atoms with E-state index in [-0.39, 0.29) is 17.3 Å². The maximum Gasteiger partial charge on any atom is 0.215 e. The summed E-state index contributed by atoms with van der Waals surface area (Å²) in [5.74, 6) is -0.521. The number of rotatable bonds is 6. The number of nitrogens with one attached hydrogen (secondary N) is 2. The topological polar surface area (TPSA) is 123 Å². The lowest BCUT2D eigenvalue weighted by Crippen LogP contribution is -2.25. The molecule has 0 aliphatic heterocycles. The number of carbonyl (C=O) groups excluding carboxylic acids is 2. The van der Waals surface area contributed by atoms with Crippen molar-refractivity contribution in [3.05, 3.63) is 77.4 Å². The number of fused-ring (bicyclic) bond motifs is 2. The number of anilines is 2. The zero-order valence-corrected chi connectivity index (χ0v) is 14.0. The molecule has 0 radical (unpaired) electrons. The molecule has 0 saturated heterocycles. The van der Waals surface area contributed by atoms with Crippen LogP contribution in [0, 0.1) is 0 Å². The van der Waals surface area contributed by atoms with E-state index in [1.807, 2.05) is 0 Å². The molecule has 7 nitrogen and oxygen atoms in total. The molecule has 0 saturated carbocycles. The molecule has 0 amide bonds. The Labute approximate surface area is 150 Å². The smallest absolute Gasteiger partial charge is 0.215 e. The molecule has 1 aliphatic rings. The molecule has 6 N–H and O–H groups in total. The molecule has 1 heterocycles. The number of carbonyl (C=O) groups is 2. The highest BCUT2D eigenvalue weighted by atomic mass is 16.1. The molecule has 1 aromatic carbocycles. The molecule has 2 aromatic rings. The third-order valence-electron chi connectivity index (χ3n) is 4.02. The number of hydrogen-bond donors (Lipinski definition) is 4. The Morgan fingerprint density at radius 2 is 1.46 bits per heavy atom. The molecule has 7 heteroatoms. The standard InChI is InChI=1S/C19H19N5O2/c20-7-2-10-22-13-5-6-14(23-11-3-8-21)16-15(13)18(25)12-4-1-9-24-17(12)19(16)26/h1-9,22-23H,10-11,20-21H2. The Hall–Kier alpha value is -3.61. The first-order valence-electron chi connectivity index (χ1n) is 8.11. The van der Waals surface area contributed by atoms with Gasteiger partial charge in [0.2, 0.25) is 5.78 Å². The van der Waals surface area contributed by atoms with Gasteiger partial charge in [0.05, 0.1) is 16.7 Å². The number of benzene rings is 1. The number of nitrogens with two attached hydrogens (primary N) is 2. The van der Waals surface area contributed by atoms with Gasteiger partial charge in [0.15, 0.2) is 5.78 Å².